The summed E-state index contributed by atoms with van der Waals surface area (Å²) >= 11 is 0. The molecule has 0 unspecified atom stereocenters. The lowest BCUT2D eigenvalue weighted by Crippen LogP contribution is -2.13. The highest BCUT2D eigenvalue weighted by molar-refractivity contribution is 6.06. The van der Waals surface area contributed by atoms with Gasteiger partial charge in [-0.3, -0.25) is 9.48 Å². The molecule has 8 heteroatoms. The zero-order chi connectivity index (χ0) is 21.8. The third-order valence-corrected chi connectivity index (χ3v) is 4.02. The average Bonchev–Trinajstić information content (AvgIpc) is 3.01. The number of benzene rings is 2. The molecule has 0 radical (unpaired) electrons. The third-order valence-electron chi connectivity index (χ3n) is 4.02. The number of halogens is 4. The normalized spacial score (nSPS) is 10.9. The van der Waals surface area contributed by atoms with E-state index in [1.165, 1.54) is 10.7 Å². The first-order valence-corrected chi connectivity index (χ1v) is 8.94. The van der Waals surface area contributed by atoms with Crippen LogP contribution in [0.5, 0.6) is 0 Å². The highest BCUT2D eigenvalue weighted by Gasteiger charge is 2.34. The van der Waals surface area contributed by atoms with Crippen molar-refractivity contribution in [2.75, 3.05) is 5.32 Å². The molecule has 29 heavy (non-hydrogen) atoms. The van der Waals surface area contributed by atoms with Crippen LogP contribution in [0.15, 0.2) is 48.7 Å². The minimum atomic E-state index is -4.77. The predicted molar refractivity (Wildman–Crippen MR) is 104 cm³/mol. The van der Waals surface area contributed by atoms with Crippen LogP contribution in [0.25, 0.3) is 11.1 Å². The second-order valence-electron chi connectivity index (χ2n) is 5.99. The molecule has 0 atom stereocenters. The first-order chi connectivity index (χ1) is 13.7. The number of carbonyl (C=O) groups is 1. The molecular weight excluding hydrogens is 386 g/mol. The van der Waals surface area contributed by atoms with Gasteiger partial charge in [0.1, 0.15) is 5.82 Å². The topological polar surface area (TPSA) is 46.9 Å². The summed E-state index contributed by atoms with van der Waals surface area (Å²) in [6.07, 6.45) is -3.21. The van der Waals surface area contributed by atoms with E-state index in [9.17, 15) is 22.4 Å². The predicted octanol–water partition coefficient (Wildman–Crippen LogP) is 5.83. The molecule has 3 rings (SSSR count). The number of nitrogens with zero attached hydrogens (tertiary/aromatic N) is 2. The van der Waals surface area contributed by atoms with E-state index < -0.39 is 23.5 Å². The number of nitrogens with one attached hydrogen (secondary N) is 1. The van der Waals surface area contributed by atoms with E-state index in [-0.39, 0.29) is 5.56 Å². The molecule has 1 aromatic heterocycles. The molecule has 0 saturated carbocycles. The Morgan fingerprint density at radius 1 is 1.10 bits per heavy atom. The van der Waals surface area contributed by atoms with Crippen LogP contribution in [0.3, 0.4) is 0 Å². The second kappa shape index (κ2) is 8.89. The number of rotatable bonds is 3. The number of amides is 1. The molecule has 0 aliphatic rings. The Labute approximate surface area is 166 Å². The maximum atomic E-state index is 13.9. The number of aromatic nitrogens is 2. The van der Waals surface area contributed by atoms with Crippen molar-refractivity contribution in [3.63, 3.8) is 0 Å². The van der Waals surface area contributed by atoms with Crippen LogP contribution < -0.4 is 5.32 Å². The van der Waals surface area contributed by atoms with Crippen molar-refractivity contribution in [1.82, 2.24) is 9.78 Å². The molecule has 154 valence electrons. The lowest BCUT2D eigenvalue weighted by atomic mass is 10.0. The fourth-order valence-corrected chi connectivity index (χ4v) is 2.77. The van der Waals surface area contributed by atoms with Gasteiger partial charge in [0, 0.05) is 24.5 Å². The summed E-state index contributed by atoms with van der Waals surface area (Å²) in [4.78, 5) is 12.5. The van der Waals surface area contributed by atoms with Crippen molar-refractivity contribution in [2.24, 2.45) is 7.05 Å². The van der Waals surface area contributed by atoms with E-state index in [0.717, 1.165) is 6.07 Å². The van der Waals surface area contributed by atoms with Crippen molar-refractivity contribution in [1.29, 1.82) is 0 Å². The van der Waals surface area contributed by atoms with Crippen molar-refractivity contribution in [3.05, 3.63) is 71.3 Å². The summed E-state index contributed by atoms with van der Waals surface area (Å²) < 4.78 is 53.7. The first-order valence-electron chi connectivity index (χ1n) is 8.94. The number of alkyl halides is 3. The van der Waals surface area contributed by atoms with Crippen LogP contribution in [0.4, 0.5) is 23.2 Å². The molecule has 0 spiro atoms. The third kappa shape index (κ3) is 5.01. The second-order valence-corrected chi connectivity index (χ2v) is 5.99. The van der Waals surface area contributed by atoms with Gasteiger partial charge in [0.05, 0.1) is 16.8 Å². The van der Waals surface area contributed by atoms with E-state index in [1.54, 1.807) is 44.4 Å². The van der Waals surface area contributed by atoms with Gasteiger partial charge in [-0.15, -0.1) is 0 Å². The Bertz CT molecular complexity index is 1010. The minimum Gasteiger partial charge on any atom is -0.321 e. The summed E-state index contributed by atoms with van der Waals surface area (Å²) in [7, 11) is 1.68. The van der Waals surface area contributed by atoms with E-state index in [0.29, 0.717) is 28.6 Å². The van der Waals surface area contributed by atoms with Crippen molar-refractivity contribution < 1.29 is 22.4 Å². The lowest BCUT2D eigenvalue weighted by molar-refractivity contribution is -0.139. The number of para-hydroxylation sites is 1. The standard InChI is InChI=1S/C19H15F4N3O.C2H6/c1-11-14(10-26(2)25-11)18(27)24-17-6-4-3-5-13(17)12-7-8-15(16(20)9-12)19(21,22)23;1-2/h3-10H,1-2H3,(H,24,27);1-2H3. The largest absolute Gasteiger partial charge is 0.419 e. The highest BCUT2D eigenvalue weighted by Crippen LogP contribution is 2.35. The van der Waals surface area contributed by atoms with Crippen LogP contribution in [0.1, 0.15) is 35.5 Å². The first kappa shape index (κ1) is 22.1. The molecule has 0 fully saturated rings. The molecule has 4 nitrogen and oxygen atoms in total. The number of anilines is 1. The van der Waals surface area contributed by atoms with Crippen LogP contribution in [0.2, 0.25) is 0 Å². The van der Waals surface area contributed by atoms with Gasteiger partial charge < -0.3 is 5.32 Å². The SMILES string of the molecule is CC.Cc1nn(C)cc1C(=O)Nc1ccccc1-c1ccc(C(F)(F)F)c(F)c1. The fraction of sp³-hybridized carbons (Fsp3) is 0.238. The zero-order valence-corrected chi connectivity index (χ0v) is 16.4. The van der Waals surface area contributed by atoms with Gasteiger partial charge in [0.15, 0.2) is 0 Å². The van der Waals surface area contributed by atoms with Crippen molar-refractivity contribution >= 4 is 11.6 Å². The van der Waals surface area contributed by atoms with Gasteiger partial charge in [0.25, 0.3) is 5.91 Å². The minimum absolute atomic E-state index is 0.222. The van der Waals surface area contributed by atoms with Crippen LogP contribution >= 0.6 is 0 Å². The monoisotopic (exact) mass is 407 g/mol. The molecule has 0 aliphatic heterocycles. The highest BCUT2D eigenvalue weighted by atomic mass is 19.4. The van der Waals surface area contributed by atoms with Gasteiger partial charge >= 0.3 is 6.18 Å². The molecule has 2 aromatic carbocycles. The maximum absolute atomic E-state index is 13.9. The smallest absolute Gasteiger partial charge is 0.321 e. The molecule has 1 amide bonds. The Kier molecular flexibility index (Phi) is 6.79. The fourth-order valence-electron chi connectivity index (χ4n) is 2.77. The Balaban J connectivity index is 0.00000145. The van der Waals surface area contributed by atoms with E-state index >= 15 is 0 Å². The lowest BCUT2D eigenvalue weighted by Gasteiger charge is -2.13. The molecule has 0 aliphatic carbocycles. The Hall–Kier alpha value is -3.16. The average molecular weight is 407 g/mol. The van der Waals surface area contributed by atoms with Gasteiger partial charge in [-0.05, 0) is 30.7 Å². The van der Waals surface area contributed by atoms with Crippen LogP contribution in [-0.4, -0.2) is 15.7 Å². The molecule has 0 bridgehead atoms. The van der Waals surface area contributed by atoms with E-state index in [1.807, 2.05) is 13.8 Å². The summed E-state index contributed by atoms with van der Waals surface area (Å²) in [5.41, 5.74) is 0.543. The molecule has 1 N–H and O–H groups in total. The van der Waals surface area contributed by atoms with E-state index in [2.05, 4.69) is 10.4 Å². The number of carbonyl (C=O) groups excluding carboxylic acids is 1. The number of hydrogen-bond acceptors (Lipinski definition) is 2. The van der Waals surface area contributed by atoms with E-state index in [4.69, 9.17) is 0 Å². The summed E-state index contributed by atoms with van der Waals surface area (Å²) in [6.45, 7) is 5.69. The van der Waals surface area contributed by atoms with Crippen LogP contribution in [-0.2, 0) is 13.2 Å². The van der Waals surface area contributed by atoms with Gasteiger partial charge in [-0.25, -0.2) is 4.39 Å². The maximum Gasteiger partial charge on any atom is 0.419 e. The van der Waals surface area contributed by atoms with Crippen molar-refractivity contribution in [2.45, 2.75) is 26.9 Å². The number of hydrogen-bond donors (Lipinski definition) is 1. The van der Waals surface area contributed by atoms with Gasteiger partial charge in [0.2, 0.25) is 0 Å². The summed E-state index contributed by atoms with van der Waals surface area (Å²) in [6, 6.07) is 9.16. The molecule has 1 heterocycles. The Morgan fingerprint density at radius 2 is 1.76 bits per heavy atom. The Morgan fingerprint density at radius 3 is 2.31 bits per heavy atom. The van der Waals surface area contributed by atoms with Gasteiger partial charge in [-0.1, -0.05) is 38.1 Å². The van der Waals surface area contributed by atoms with Crippen molar-refractivity contribution in [3.8, 4) is 11.1 Å². The van der Waals surface area contributed by atoms with Crippen LogP contribution in [0, 0.1) is 12.7 Å². The molecule has 3 aromatic rings. The quantitative estimate of drug-likeness (QED) is 0.555. The molecular formula is C21H21F4N3O. The number of aryl methyl sites for hydroxylation is 2. The summed E-state index contributed by atoms with van der Waals surface area (Å²) in [5, 5.41) is 6.81. The zero-order valence-electron chi connectivity index (χ0n) is 16.4. The molecule has 0 saturated heterocycles. The summed E-state index contributed by atoms with van der Waals surface area (Å²) in [5.74, 6) is -1.79. The van der Waals surface area contributed by atoms with Gasteiger partial charge in [-0.2, -0.15) is 18.3 Å².